The minimum Gasteiger partial charge on any atom is -0.480 e. The summed E-state index contributed by atoms with van der Waals surface area (Å²) in [6.45, 7) is 8.33. The van der Waals surface area contributed by atoms with Crippen LogP contribution in [0.25, 0.3) is 0 Å². The molecular weight excluding hydrogens is 218 g/mol. The number of rotatable bonds is 6. The van der Waals surface area contributed by atoms with Gasteiger partial charge in [0.1, 0.15) is 6.04 Å². The highest BCUT2D eigenvalue weighted by atomic mass is 32.2. The van der Waals surface area contributed by atoms with E-state index in [1.54, 1.807) is 20.8 Å². The van der Waals surface area contributed by atoms with Gasteiger partial charge in [0.15, 0.2) is 0 Å². The maximum Gasteiger partial charge on any atom is 0.321 e. The van der Waals surface area contributed by atoms with Crippen LogP contribution < -0.4 is 4.72 Å². The number of aliphatic carboxylic acids is 1. The molecule has 0 spiro atoms. The van der Waals surface area contributed by atoms with Crippen LogP contribution in [-0.4, -0.2) is 31.3 Å². The lowest BCUT2D eigenvalue weighted by Crippen LogP contribution is -2.45. The van der Waals surface area contributed by atoms with E-state index in [9.17, 15) is 13.2 Å². The number of hydrogen-bond acceptors (Lipinski definition) is 3. The Morgan fingerprint density at radius 1 is 1.47 bits per heavy atom. The summed E-state index contributed by atoms with van der Waals surface area (Å²) in [6, 6.07) is -1.09. The average Bonchev–Trinajstić information content (AvgIpc) is 1.96. The predicted molar refractivity (Wildman–Crippen MR) is 58.0 cm³/mol. The molecule has 0 saturated heterocycles. The standard InChI is InChI=1S/C9H17NO4S/c1-6(2)5-15(13,14)10-8(7(3)4)9(11)12/h7-8,10H,1,5H2,2-4H3,(H,11,12). The number of carboxylic acid groups (broad SMARTS) is 1. The van der Waals surface area contributed by atoms with E-state index in [-0.39, 0.29) is 11.7 Å². The van der Waals surface area contributed by atoms with Crippen LogP contribution in [0.1, 0.15) is 20.8 Å². The Morgan fingerprint density at radius 3 is 2.20 bits per heavy atom. The van der Waals surface area contributed by atoms with Crippen LogP contribution in [0.2, 0.25) is 0 Å². The van der Waals surface area contributed by atoms with Gasteiger partial charge in [-0.15, -0.1) is 0 Å². The maximum atomic E-state index is 11.4. The minimum atomic E-state index is -3.60. The molecule has 5 nitrogen and oxygen atoms in total. The molecule has 0 aromatic heterocycles. The van der Waals surface area contributed by atoms with Crippen molar-refractivity contribution in [3.05, 3.63) is 12.2 Å². The average molecular weight is 235 g/mol. The molecule has 0 bridgehead atoms. The number of nitrogens with one attached hydrogen (secondary N) is 1. The van der Waals surface area contributed by atoms with Crippen LogP contribution in [0.3, 0.4) is 0 Å². The van der Waals surface area contributed by atoms with Gasteiger partial charge in [-0.3, -0.25) is 4.79 Å². The zero-order valence-electron chi connectivity index (χ0n) is 9.15. The van der Waals surface area contributed by atoms with Crippen molar-refractivity contribution in [2.24, 2.45) is 5.92 Å². The van der Waals surface area contributed by atoms with Gasteiger partial charge in [-0.2, -0.15) is 0 Å². The Hall–Kier alpha value is -0.880. The fraction of sp³-hybridized carbons (Fsp3) is 0.667. The second-order valence-corrected chi connectivity index (χ2v) is 5.65. The van der Waals surface area contributed by atoms with Crippen LogP contribution in [-0.2, 0) is 14.8 Å². The van der Waals surface area contributed by atoms with Gasteiger partial charge in [-0.1, -0.05) is 26.0 Å². The molecule has 0 rings (SSSR count). The second kappa shape index (κ2) is 5.27. The van der Waals surface area contributed by atoms with E-state index in [4.69, 9.17) is 5.11 Å². The summed E-state index contributed by atoms with van der Waals surface area (Å²) < 4.78 is 25.0. The van der Waals surface area contributed by atoms with Crippen LogP contribution in [0, 0.1) is 5.92 Å². The predicted octanol–water partition coefficient (Wildman–Crippen LogP) is 0.591. The Bertz CT molecular complexity index is 345. The van der Waals surface area contributed by atoms with Crippen molar-refractivity contribution < 1.29 is 18.3 Å². The van der Waals surface area contributed by atoms with E-state index < -0.39 is 22.0 Å². The Kier molecular flexibility index (Phi) is 4.96. The molecule has 0 amide bonds. The maximum absolute atomic E-state index is 11.4. The van der Waals surface area contributed by atoms with Gasteiger partial charge < -0.3 is 5.11 Å². The molecule has 15 heavy (non-hydrogen) atoms. The number of carboxylic acids is 1. The van der Waals surface area contributed by atoms with Crippen molar-refractivity contribution in [2.75, 3.05) is 5.75 Å². The first-order chi connectivity index (χ1) is 6.65. The second-order valence-electron chi connectivity index (χ2n) is 3.89. The summed E-state index contributed by atoms with van der Waals surface area (Å²) in [5, 5.41) is 8.79. The van der Waals surface area contributed by atoms with Gasteiger partial charge in [-0.25, -0.2) is 13.1 Å². The van der Waals surface area contributed by atoms with Crippen LogP contribution in [0.15, 0.2) is 12.2 Å². The lowest BCUT2D eigenvalue weighted by Gasteiger charge is -2.17. The van der Waals surface area contributed by atoms with E-state index in [0.717, 1.165) is 0 Å². The van der Waals surface area contributed by atoms with Crippen molar-refractivity contribution in [3.8, 4) is 0 Å². The highest BCUT2D eigenvalue weighted by Crippen LogP contribution is 2.05. The molecule has 0 fully saturated rings. The van der Waals surface area contributed by atoms with E-state index in [1.807, 2.05) is 0 Å². The Labute approximate surface area is 90.2 Å². The van der Waals surface area contributed by atoms with Crippen molar-refractivity contribution in [2.45, 2.75) is 26.8 Å². The molecule has 0 aliphatic heterocycles. The number of carbonyl (C=O) groups is 1. The molecule has 0 saturated carbocycles. The van der Waals surface area contributed by atoms with Gasteiger partial charge in [0.05, 0.1) is 5.75 Å². The first-order valence-electron chi connectivity index (χ1n) is 4.53. The van der Waals surface area contributed by atoms with Crippen LogP contribution in [0.4, 0.5) is 0 Å². The molecular formula is C9H17NO4S. The third-order valence-electron chi connectivity index (χ3n) is 1.68. The minimum absolute atomic E-state index is 0.247. The smallest absolute Gasteiger partial charge is 0.321 e. The number of hydrogen-bond donors (Lipinski definition) is 2. The zero-order valence-corrected chi connectivity index (χ0v) is 9.97. The summed E-state index contributed by atoms with van der Waals surface area (Å²) >= 11 is 0. The molecule has 0 aliphatic rings. The first kappa shape index (κ1) is 14.1. The van der Waals surface area contributed by atoms with E-state index in [2.05, 4.69) is 11.3 Å². The molecule has 6 heteroatoms. The summed E-state index contributed by atoms with van der Waals surface area (Å²) in [7, 11) is -3.60. The largest absolute Gasteiger partial charge is 0.480 e. The Morgan fingerprint density at radius 2 is 1.93 bits per heavy atom. The van der Waals surface area contributed by atoms with Gasteiger partial charge >= 0.3 is 5.97 Å². The molecule has 1 unspecified atom stereocenters. The normalized spacial score (nSPS) is 13.9. The van der Waals surface area contributed by atoms with Gasteiger partial charge in [-0.05, 0) is 12.8 Å². The third kappa shape index (κ3) is 5.54. The number of sulfonamides is 1. The zero-order chi connectivity index (χ0) is 12.2. The third-order valence-corrected chi connectivity index (χ3v) is 3.16. The summed E-state index contributed by atoms with van der Waals surface area (Å²) in [4.78, 5) is 10.8. The van der Waals surface area contributed by atoms with Crippen molar-refractivity contribution in [1.29, 1.82) is 0 Å². The van der Waals surface area contributed by atoms with E-state index >= 15 is 0 Å². The van der Waals surface area contributed by atoms with Crippen LogP contribution >= 0.6 is 0 Å². The van der Waals surface area contributed by atoms with Crippen molar-refractivity contribution in [1.82, 2.24) is 4.72 Å². The molecule has 0 aromatic carbocycles. The van der Waals surface area contributed by atoms with Gasteiger partial charge in [0.25, 0.3) is 0 Å². The molecule has 0 radical (unpaired) electrons. The molecule has 1 atom stereocenters. The van der Waals surface area contributed by atoms with Gasteiger partial charge in [0, 0.05) is 0 Å². The topological polar surface area (TPSA) is 83.5 Å². The quantitative estimate of drug-likeness (QED) is 0.660. The fourth-order valence-corrected chi connectivity index (χ4v) is 2.52. The van der Waals surface area contributed by atoms with E-state index in [1.165, 1.54) is 0 Å². The lowest BCUT2D eigenvalue weighted by atomic mass is 10.1. The van der Waals surface area contributed by atoms with E-state index in [0.29, 0.717) is 5.57 Å². The molecule has 2 N–H and O–H groups in total. The molecule has 88 valence electrons. The van der Waals surface area contributed by atoms with Crippen LogP contribution in [0.5, 0.6) is 0 Å². The van der Waals surface area contributed by atoms with Gasteiger partial charge in [0.2, 0.25) is 10.0 Å². The highest BCUT2D eigenvalue weighted by molar-refractivity contribution is 7.89. The molecule has 0 heterocycles. The summed E-state index contributed by atoms with van der Waals surface area (Å²) in [5.41, 5.74) is 0.468. The highest BCUT2D eigenvalue weighted by Gasteiger charge is 2.26. The molecule has 0 aliphatic carbocycles. The fourth-order valence-electron chi connectivity index (χ4n) is 1.03. The summed E-state index contributed by atoms with van der Waals surface area (Å²) in [6.07, 6.45) is 0. The first-order valence-corrected chi connectivity index (χ1v) is 6.18. The lowest BCUT2D eigenvalue weighted by molar-refractivity contribution is -0.140. The summed E-state index contributed by atoms with van der Waals surface area (Å²) in [5.74, 6) is -1.72. The van der Waals surface area contributed by atoms with Crippen molar-refractivity contribution >= 4 is 16.0 Å². The Balaban J connectivity index is 4.68. The molecule has 0 aromatic rings. The SMILES string of the molecule is C=C(C)CS(=O)(=O)NC(C(=O)O)C(C)C. The van der Waals surface area contributed by atoms with Crippen molar-refractivity contribution in [3.63, 3.8) is 0 Å². The monoisotopic (exact) mass is 235 g/mol.